The number of benzene rings is 1. The number of rotatable bonds is 6. The lowest BCUT2D eigenvalue weighted by atomic mass is 10.3. The Balaban J connectivity index is 1.91. The van der Waals surface area contributed by atoms with Crippen molar-refractivity contribution in [1.29, 1.82) is 0 Å². The lowest BCUT2D eigenvalue weighted by molar-refractivity contribution is -0.139. The highest BCUT2D eigenvalue weighted by atomic mass is 16.5. The molecule has 0 spiro atoms. The van der Waals surface area contributed by atoms with Gasteiger partial charge in [0.25, 0.3) is 0 Å². The SMILES string of the molecule is CCC1CC1NC(=O)Nc1ccccc1OCC(=O)O. The maximum atomic E-state index is 11.8. The molecule has 1 aromatic carbocycles. The van der Waals surface area contributed by atoms with Crippen molar-refractivity contribution < 1.29 is 19.4 Å². The molecule has 1 aliphatic carbocycles. The van der Waals surface area contributed by atoms with Gasteiger partial charge in [-0.2, -0.15) is 0 Å². The summed E-state index contributed by atoms with van der Waals surface area (Å²) < 4.78 is 5.12. The Morgan fingerprint density at radius 2 is 2.15 bits per heavy atom. The maximum Gasteiger partial charge on any atom is 0.341 e. The molecule has 0 bridgehead atoms. The van der Waals surface area contributed by atoms with Gasteiger partial charge < -0.3 is 20.5 Å². The first-order valence-corrected chi connectivity index (χ1v) is 6.61. The van der Waals surface area contributed by atoms with E-state index in [0.29, 0.717) is 17.4 Å². The van der Waals surface area contributed by atoms with Gasteiger partial charge in [0.2, 0.25) is 0 Å². The van der Waals surface area contributed by atoms with Crippen molar-refractivity contribution >= 4 is 17.7 Å². The summed E-state index contributed by atoms with van der Waals surface area (Å²) in [4.78, 5) is 22.3. The van der Waals surface area contributed by atoms with Crippen LogP contribution in [0.5, 0.6) is 5.75 Å². The van der Waals surface area contributed by atoms with Crippen LogP contribution in [-0.2, 0) is 4.79 Å². The number of hydrogen-bond acceptors (Lipinski definition) is 3. The summed E-state index contributed by atoms with van der Waals surface area (Å²) in [6.45, 7) is 1.65. The molecule has 0 radical (unpaired) electrons. The van der Waals surface area contributed by atoms with Gasteiger partial charge in [-0.3, -0.25) is 0 Å². The fourth-order valence-electron chi connectivity index (χ4n) is 2.04. The standard InChI is InChI=1S/C14H18N2O4/c1-2-9-7-11(9)16-14(19)15-10-5-3-4-6-12(10)20-8-13(17)18/h3-6,9,11H,2,7-8H2,1H3,(H,17,18)(H2,15,16,19). The Morgan fingerprint density at radius 3 is 2.80 bits per heavy atom. The van der Waals surface area contributed by atoms with Gasteiger partial charge in [-0.15, -0.1) is 0 Å². The second kappa shape index (κ2) is 6.27. The zero-order chi connectivity index (χ0) is 14.5. The predicted octanol–water partition coefficient (Wildman–Crippen LogP) is 2.07. The average molecular weight is 278 g/mol. The third kappa shape index (κ3) is 3.88. The van der Waals surface area contributed by atoms with Crippen molar-refractivity contribution in [1.82, 2.24) is 5.32 Å². The molecule has 0 aromatic heterocycles. The first-order valence-electron chi connectivity index (χ1n) is 6.61. The molecule has 2 atom stereocenters. The second-order valence-electron chi connectivity index (χ2n) is 4.79. The zero-order valence-corrected chi connectivity index (χ0v) is 11.3. The molecule has 3 N–H and O–H groups in total. The highest BCUT2D eigenvalue weighted by Gasteiger charge is 2.36. The van der Waals surface area contributed by atoms with Gasteiger partial charge in [0.05, 0.1) is 5.69 Å². The number of carbonyl (C=O) groups excluding carboxylic acids is 1. The van der Waals surface area contributed by atoms with Crippen molar-refractivity contribution in [2.75, 3.05) is 11.9 Å². The van der Waals surface area contributed by atoms with Crippen LogP contribution in [0, 0.1) is 5.92 Å². The first-order chi connectivity index (χ1) is 9.60. The molecule has 108 valence electrons. The number of amides is 2. The van der Waals surface area contributed by atoms with Crippen LogP contribution < -0.4 is 15.4 Å². The summed E-state index contributed by atoms with van der Waals surface area (Å²) in [6.07, 6.45) is 2.07. The van der Waals surface area contributed by atoms with Gasteiger partial charge in [-0.25, -0.2) is 9.59 Å². The van der Waals surface area contributed by atoms with Crippen LogP contribution in [0.25, 0.3) is 0 Å². The number of urea groups is 1. The highest BCUT2D eigenvalue weighted by Crippen LogP contribution is 2.33. The number of nitrogens with one attached hydrogen (secondary N) is 2. The molecule has 2 rings (SSSR count). The van der Waals surface area contributed by atoms with E-state index in [2.05, 4.69) is 17.6 Å². The van der Waals surface area contributed by atoms with Crippen molar-refractivity contribution in [2.24, 2.45) is 5.92 Å². The number of carboxylic acid groups (broad SMARTS) is 1. The van der Waals surface area contributed by atoms with Crippen LogP contribution in [0.4, 0.5) is 10.5 Å². The summed E-state index contributed by atoms with van der Waals surface area (Å²) in [5.74, 6) is -0.153. The van der Waals surface area contributed by atoms with Crippen LogP contribution in [-0.4, -0.2) is 29.8 Å². The van der Waals surface area contributed by atoms with Crippen molar-refractivity contribution in [3.05, 3.63) is 24.3 Å². The Labute approximate surface area is 117 Å². The second-order valence-corrected chi connectivity index (χ2v) is 4.79. The molecule has 2 unspecified atom stereocenters. The third-order valence-electron chi connectivity index (χ3n) is 3.25. The quantitative estimate of drug-likeness (QED) is 0.743. The molecule has 0 heterocycles. The molecular weight excluding hydrogens is 260 g/mol. The minimum atomic E-state index is -1.06. The fraction of sp³-hybridized carbons (Fsp3) is 0.429. The van der Waals surface area contributed by atoms with Gasteiger partial charge >= 0.3 is 12.0 Å². The Hall–Kier alpha value is -2.24. The van der Waals surface area contributed by atoms with Crippen molar-refractivity contribution in [2.45, 2.75) is 25.8 Å². The molecule has 0 saturated heterocycles. The van der Waals surface area contributed by atoms with E-state index < -0.39 is 12.6 Å². The van der Waals surface area contributed by atoms with Crippen molar-refractivity contribution in [3.8, 4) is 5.75 Å². The minimum absolute atomic E-state index is 0.243. The number of carbonyl (C=O) groups is 2. The lowest BCUT2D eigenvalue weighted by Gasteiger charge is -2.12. The zero-order valence-electron chi connectivity index (χ0n) is 11.3. The number of aliphatic carboxylic acids is 1. The summed E-state index contributed by atoms with van der Waals surface area (Å²) in [5, 5.41) is 14.2. The molecule has 1 saturated carbocycles. The molecular formula is C14H18N2O4. The van der Waals surface area contributed by atoms with Gasteiger partial charge in [-0.05, 0) is 24.5 Å². The van der Waals surface area contributed by atoms with E-state index in [-0.39, 0.29) is 12.1 Å². The van der Waals surface area contributed by atoms with Crippen LogP contribution in [0.15, 0.2) is 24.3 Å². The summed E-state index contributed by atoms with van der Waals surface area (Å²) in [5.41, 5.74) is 0.458. The monoisotopic (exact) mass is 278 g/mol. The lowest BCUT2D eigenvalue weighted by Crippen LogP contribution is -2.31. The number of para-hydroxylation sites is 2. The largest absolute Gasteiger partial charge is 0.480 e. The normalized spacial score (nSPS) is 20.1. The first kappa shape index (κ1) is 14.2. The molecule has 6 heteroatoms. The van der Waals surface area contributed by atoms with Crippen LogP contribution in [0.2, 0.25) is 0 Å². The number of ether oxygens (including phenoxy) is 1. The van der Waals surface area contributed by atoms with Crippen LogP contribution in [0.1, 0.15) is 19.8 Å². The number of hydrogen-bond donors (Lipinski definition) is 3. The highest BCUT2D eigenvalue weighted by molar-refractivity contribution is 5.91. The Bertz CT molecular complexity index is 504. The third-order valence-corrected chi connectivity index (χ3v) is 3.25. The topological polar surface area (TPSA) is 87.7 Å². The molecule has 1 aliphatic rings. The molecule has 20 heavy (non-hydrogen) atoms. The molecule has 0 aliphatic heterocycles. The number of anilines is 1. The summed E-state index contributed by atoms with van der Waals surface area (Å²) >= 11 is 0. The van der Waals surface area contributed by atoms with E-state index in [1.54, 1.807) is 24.3 Å². The predicted molar refractivity (Wildman–Crippen MR) is 73.9 cm³/mol. The van der Waals surface area contributed by atoms with Crippen LogP contribution in [0.3, 0.4) is 0 Å². The minimum Gasteiger partial charge on any atom is -0.480 e. The molecule has 2 amide bonds. The smallest absolute Gasteiger partial charge is 0.341 e. The number of carboxylic acids is 1. The Kier molecular flexibility index (Phi) is 4.45. The summed E-state index contributed by atoms with van der Waals surface area (Å²) in [7, 11) is 0. The van der Waals surface area contributed by atoms with Gasteiger partial charge in [0, 0.05) is 6.04 Å². The summed E-state index contributed by atoms with van der Waals surface area (Å²) in [6, 6.07) is 6.69. The maximum absolute atomic E-state index is 11.8. The van der Waals surface area contributed by atoms with E-state index in [4.69, 9.17) is 9.84 Å². The molecule has 6 nitrogen and oxygen atoms in total. The van der Waals surface area contributed by atoms with E-state index in [0.717, 1.165) is 12.8 Å². The van der Waals surface area contributed by atoms with Gasteiger partial charge in [0.15, 0.2) is 6.61 Å². The average Bonchev–Trinajstić information content (AvgIpc) is 3.15. The van der Waals surface area contributed by atoms with E-state index in [1.165, 1.54) is 0 Å². The van der Waals surface area contributed by atoms with Crippen LogP contribution >= 0.6 is 0 Å². The van der Waals surface area contributed by atoms with E-state index >= 15 is 0 Å². The Morgan fingerprint density at radius 1 is 1.40 bits per heavy atom. The molecule has 1 fully saturated rings. The van der Waals surface area contributed by atoms with E-state index in [1.807, 2.05) is 0 Å². The van der Waals surface area contributed by atoms with E-state index in [9.17, 15) is 9.59 Å². The van der Waals surface area contributed by atoms with Crippen molar-refractivity contribution in [3.63, 3.8) is 0 Å². The fourth-order valence-corrected chi connectivity index (χ4v) is 2.04. The van der Waals surface area contributed by atoms with Gasteiger partial charge in [0.1, 0.15) is 5.75 Å². The van der Waals surface area contributed by atoms with Gasteiger partial charge in [-0.1, -0.05) is 25.5 Å². The molecule has 1 aromatic rings.